The lowest BCUT2D eigenvalue weighted by molar-refractivity contribution is 0.357. The minimum Gasteiger partial charge on any atom is -0.493 e. The topological polar surface area (TPSA) is 45.0 Å². The maximum absolute atomic E-state index is 9.08. The van der Waals surface area contributed by atoms with E-state index < -0.39 is 0 Å². The van der Waals surface area contributed by atoms with Gasteiger partial charge in [0.15, 0.2) is 0 Å². The number of ether oxygens (including phenoxy) is 1. The van der Waals surface area contributed by atoms with Crippen molar-refractivity contribution in [3.05, 3.63) is 29.3 Å². The quantitative estimate of drug-likeness (QED) is 0.769. The van der Waals surface area contributed by atoms with Gasteiger partial charge >= 0.3 is 0 Å². The van der Waals surface area contributed by atoms with E-state index in [-0.39, 0.29) is 5.92 Å². The molecule has 1 aromatic carbocycles. The predicted octanol–water partition coefficient (Wildman–Crippen LogP) is 1.45. The molecule has 0 aromatic heterocycles. The van der Waals surface area contributed by atoms with Crippen LogP contribution in [0.25, 0.3) is 0 Å². The Morgan fingerprint density at radius 3 is 3.19 bits per heavy atom. The standard InChI is InChI=1S/C13H14N2O/c14-6-11-7-15-8-12(11)9-1-2-13-10(5-9)3-4-16-13/h1-2,5,11-12,15H,3-4,7-8H2/t11-,12+/m0/s1. The average Bonchev–Trinajstić information content (AvgIpc) is 2.96. The average molecular weight is 214 g/mol. The largest absolute Gasteiger partial charge is 0.493 e. The molecule has 3 nitrogen and oxygen atoms in total. The molecule has 0 radical (unpaired) electrons. The number of benzene rings is 1. The molecule has 82 valence electrons. The van der Waals surface area contributed by atoms with Crippen molar-refractivity contribution in [1.82, 2.24) is 5.32 Å². The second-order valence-corrected chi connectivity index (χ2v) is 4.47. The summed E-state index contributed by atoms with van der Waals surface area (Å²) in [6.07, 6.45) is 1.00. The summed E-state index contributed by atoms with van der Waals surface area (Å²) >= 11 is 0. The summed E-state index contributed by atoms with van der Waals surface area (Å²) in [6.45, 7) is 2.52. The van der Waals surface area contributed by atoms with Gasteiger partial charge in [-0.25, -0.2) is 0 Å². The van der Waals surface area contributed by atoms with Crippen molar-refractivity contribution in [3.8, 4) is 11.8 Å². The molecule has 3 rings (SSSR count). The summed E-state index contributed by atoms with van der Waals surface area (Å²) in [4.78, 5) is 0. The first-order valence-corrected chi connectivity index (χ1v) is 5.74. The number of nitrogens with zero attached hydrogens (tertiary/aromatic N) is 1. The van der Waals surface area contributed by atoms with Gasteiger partial charge in [0, 0.05) is 25.4 Å². The van der Waals surface area contributed by atoms with Crippen molar-refractivity contribution < 1.29 is 4.74 Å². The Labute approximate surface area is 95.0 Å². The first-order chi connectivity index (χ1) is 7.88. The van der Waals surface area contributed by atoms with Gasteiger partial charge < -0.3 is 10.1 Å². The molecule has 0 amide bonds. The van der Waals surface area contributed by atoms with Crippen LogP contribution in [0.2, 0.25) is 0 Å². The zero-order valence-electron chi connectivity index (χ0n) is 9.07. The number of fused-ring (bicyclic) bond motifs is 1. The molecule has 0 spiro atoms. The van der Waals surface area contributed by atoms with Crippen molar-refractivity contribution in [3.63, 3.8) is 0 Å². The zero-order valence-corrected chi connectivity index (χ0v) is 9.07. The third kappa shape index (κ3) is 1.46. The lowest BCUT2D eigenvalue weighted by Gasteiger charge is -2.13. The molecule has 1 fully saturated rings. The molecule has 16 heavy (non-hydrogen) atoms. The van der Waals surface area contributed by atoms with E-state index in [0.29, 0.717) is 5.92 Å². The van der Waals surface area contributed by atoms with Gasteiger partial charge in [0.05, 0.1) is 18.6 Å². The summed E-state index contributed by atoms with van der Waals surface area (Å²) in [5.41, 5.74) is 2.57. The molecule has 0 unspecified atom stereocenters. The highest BCUT2D eigenvalue weighted by molar-refractivity contribution is 5.41. The predicted molar refractivity (Wildman–Crippen MR) is 60.4 cm³/mol. The normalized spacial score (nSPS) is 27.2. The molecule has 0 aliphatic carbocycles. The van der Waals surface area contributed by atoms with Crippen LogP contribution in [-0.4, -0.2) is 19.7 Å². The van der Waals surface area contributed by atoms with Crippen molar-refractivity contribution in [2.75, 3.05) is 19.7 Å². The fourth-order valence-electron chi connectivity index (χ4n) is 2.60. The van der Waals surface area contributed by atoms with Crippen LogP contribution in [0.4, 0.5) is 0 Å². The summed E-state index contributed by atoms with van der Waals surface area (Å²) < 4.78 is 5.49. The van der Waals surface area contributed by atoms with E-state index >= 15 is 0 Å². The first-order valence-electron chi connectivity index (χ1n) is 5.74. The number of nitriles is 1. The molecule has 2 aliphatic heterocycles. The molecular formula is C13H14N2O. The van der Waals surface area contributed by atoms with Gasteiger partial charge in [-0.1, -0.05) is 12.1 Å². The molecule has 2 atom stereocenters. The summed E-state index contributed by atoms with van der Waals surface area (Å²) in [6, 6.07) is 8.75. The van der Waals surface area contributed by atoms with Gasteiger partial charge in [-0.15, -0.1) is 0 Å². The molecule has 2 aliphatic rings. The van der Waals surface area contributed by atoms with Crippen molar-refractivity contribution in [2.45, 2.75) is 12.3 Å². The van der Waals surface area contributed by atoms with E-state index in [4.69, 9.17) is 10.00 Å². The molecule has 3 heteroatoms. The van der Waals surface area contributed by atoms with Crippen LogP contribution in [0.1, 0.15) is 17.0 Å². The van der Waals surface area contributed by atoms with Gasteiger partial charge in [0.2, 0.25) is 0 Å². The first kappa shape index (κ1) is 9.68. The Hall–Kier alpha value is -1.53. The van der Waals surface area contributed by atoms with Gasteiger partial charge in [0.1, 0.15) is 5.75 Å². The molecule has 1 saturated heterocycles. The van der Waals surface area contributed by atoms with Crippen molar-refractivity contribution >= 4 is 0 Å². The summed E-state index contributed by atoms with van der Waals surface area (Å²) in [5.74, 6) is 1.47. The Kier molecular flexibility index (Phi) is 2.30. The van der Waals surface area contributed by atoms with Crippen LogP contribution in [0, 0.1) is 17.2 Å². The Bertz CT molecular complexity index is 450. The Morgan fingerprint density at radius 1 is 1.38 bits per heavy atom. The third-order valence-electron chi connectivity index (χ3n) is 3.52. The summed E-state index contributed by atoms with van der Waals surface area (Å²) in [7, 11) is 0. The van der Waals surface area contributed by atoms with Crippen molar-refractivity contribution in [1.29, 1.82) is 5.26 Å². The molecule has 0 saturated carbocycles. The molecular weight excluding hydrogens is 200 g/mol. The number of rotatable bonds is 1. The number of hydrogen-bond acceptors (Lipinski definition) is 3. The number of hydrogen-bond donors (Lipinski definition) is 1. The lowest BCUT2D eigenvalue weighted by Crippen LogP contribution is -2.08. The SMILES string of the molecule is N#C[C@H]1CNC[C@@H]1c1ccc2c(c1)CCO2. The van der Waals surface area contributed by atoms with E-state index in [9.17, 15) is 0 Å². The minimum atomic E-state index is 0.111. The van der Waals surface area contributed by atoms with E-state index in [1.165, 1.54) is 11.1 Å². The molecule has 0 bridgehead atoms. The lowest BCUT2D eigenvalue weighted by atomic mass is 9.89. The van der Waals surface area contributed by atoms with Gasteiger partial charge in [-0.3, -0.25) is 0 Å². The van der Waals surface area contributed by atoms with E-state index in [1.54, 1.807) is 0 Å². The Morgan fingerprint density at radius 2 is 2.31 bits per heavy atom. The molecule has 1 aromatic rings. The van der Waals surface area contributed by atoms with Gasteiger partial charge in [-0.05, 0) is 17.2 Å². The van der Waals surface area contributed by atoms with Gasteiger partial charge in [0.25, 0.3) is 0 Å². The van der Waals surface area contributed by atoms with E-state index in [1.807, 2.05) is 6.07 Å². The smallest absolute Gasteiger partial charge is 0.122 e. The Balaban J connectivity index is 1.92. The second kappa shape index (κ2) is 3.80. The third-order valence-corrected chi connectivity index (χ3v) is 3.52. The van der Waals surface area contributed by atoms with E-state index in [0.717, 1.165) is 31.9 Å². The fourth-order valence-corrected chi connectivity index (χ4v) is 2.60. The zero-order chi connectivity index (χ0) is 11.0. The number of nitrogens with one attached hydrogen (secondary N) is 1. The minimum absolute atomic E-state index is 0.111. The highest BCUT2D eigenvalue weighted by atomic mass is 16.5. The van der Waals surface area contributed by atoms with Crippen LogP contribution < -0.4 is 10.1 Å². The fraction of sp³-hybridized carbons (Fsp3) is 0.462. The van der Waals surface area contributed by atoms with Crippen molar-refractivity contribution in [2.24, 2.45) is 5.92 Å². The van der Waals surface area contributed by atoms with Crippen LogP contribution in [0.3, 0.4) is 0 Å². The highest BCUT2D eigenvalue weighted by Gasteiger charge is 2.29. The van der Waals surface area contributed by atoms with Crippen LogP contribution >= 0.6 is 0 Å². The second-order valence-electron chi connectivity index (χ2n) is 4.47. The van der Waals surface area contributed by atoms with E-state index in [2.05, 4.69) is 23.5 Å². The van der Waals surface area contributed by atoms with Crippen LogP contribution in [0.5, 0.6) is 5.75 Å². The maximum Gasteiger partial charge on any atom is 0.122 e. The molecule has 1 N–H and O–H groups in total. The van der Waals surface area contributed by atoms with Crippen LogP contribution in [0.15, 0.2) is 18.2 Å². The monoisotopic (exact) mass is 214 g/mol. The highest BCUT2D eigenvalue weighted by Crippen LogP contribution is 2.33. The van der Waals surface area contributed by atoms with Gasteiger partial charge in [-0.2, -0.15) is 5.26 Å². The maximum atomic E-state index is 9.08. The van der Waals surface area contributed by atoms with Crippen LogP contribution in [-0.2, 0) is 6.42 Å². The summed E-state index contributed by atoms with van der Waals surface area (Å²) in [5, 5.41) is 12.4. The molecule has 2 heterocycles.